The van der Waals surface area contributed by atoms with Crippen molar-refractivity contribution in [2.45, 2.75) is 5.28 Å². The number of carbonyl (C=O) groups excluding carboxylic acids is 1. The van der Waals surface area contributed by atoms with Gasteiger partial charge in [0.2, 0.25) is 5.28 Å². The van der Waals surface area contributed by atoms with Crippen LogP contribution in [0.3, 0.4) is 0 Å². The standard InChI is InChI=1S/C27H22NO5P/c1-31-21-18-16-20(17-19-21)27(25-15-9-8-14-24(25)26(29)28-27)34(30,32-22-10-4-2-5-11-22)33-23-12-6-3-7-13-23/h2-19H,1H3,(H,28,29)/t27-/m1/s1. The van der Waals surface area contributed by atoms with Crippen molar-refractivity contribution in [2.75, 3.05) is 7.11 Å². The highest BCUT2D eigenvalue weighted by molar-refractivity contribution is 7.56. The van der Waals surface area contributed by atoms with Crippen LogP contribution in [-0.2, 0) is 9.85 Å². The number of fused-ring (bicyclic) bond motifs is 1. The summed E-state index contributed by atoms with van der Waals surface area (Å²) in [5, 5.41) is 1.38. The van der Waals surface area contributed by atoms with E-state index in [1.165, 1.54) is 0 Å². The number of hydrogen-bond acceptors (Lipinski definition) is 5. The van der Waals surface area contributed by atoms with E-state index >= 15 is 4.57 Å². The van der Waals surface area contributed by atoms with Crippen LogP contribution in [0.5, 0.6) is 17.2 Å². The Morgan fingerprint density at radius 3 is 1.76 bits per heavy atom. The Kier molecular flexibility index (Phi) is 5.60. The average molecular weight is 471 g/mol. The molecule has 5 rings (SSSR count). The molecule has 1 N–H and O–H groups in total. The van der Waals surface area contributed by atoms with Crippen LogP contribution >= 0.6 is 7.60 Å². The van der Waals surface area contributed by atoms with Gasteiger partial charge in [-0.1, -0.05) is 66.7 Å². The molecule has 1 heterocycles. The van der Waals surface area contributed by atoms with Crippen LogP contribution in [0.4, 0.5) is 0 Å². The predicted molar refractivity (Wildman–Crippen MR) is 129 cm³/mol. The van der Waals surface area contributed by atoms with Crippen LogP contribution in [0.15, 0.2) is 109 Å². The van der Waals surface area contributed by atoms with Gasteiger partial charge in [-0.15, -0.1) is 0 Å². The molecule has 0 fully saturated rings. The fourth-order valence-corrected chi connectivity index (χ4v) is 6.43. The molecule has 0 spiro atoms. The Morgan fingerprint density at radius 2 is 1.21 bits per heavy atom. The van der Waals surface area contributed by atoms with Crippen molar-refractivity contribution >= 4 is 13.5 Å². The average Bonchev–Trinajstić information content (AvgIpc) is 3.19. The summed E-state index contributed by atoms with van der Waals surface area (Å²) in [6.45, 7) is 0. The largest absolute Gasteiger partial charge is 0.497 e. The zero-order chi connectivity index (χ0) is 23.6. The molecule has 4 aromatic rings. The minimum absolute atomic E-state index is 0.355. The topological polar surface area (TPSA) is 73.9 Å². The fraction of sp³-hybridized carbons (Fsp3) is 0.0741. The van der Waals surface area contributed by atoms with Gasteiger partial charge in [0.1, 0.15) is 17.2 Å². The highest BCUT2D eigenvalue weighted by Gasteiger charge is 2.62. The molecule has 34 heavy (non-hydrogen) atoms. The van der Waals surface area contributed by atoms with Gasteiger partial charge in [0, 0.05) is 11.1 Å². The molecular formula is C27H22NO5P. The van der Waals surface area contributed by atoms with Gasteiger partial charge < -0.3 is 19.1 Å². The lowest BCUT2D eigenvalue weighted by molar-refractivity contribution is 0.0949. The number of nitrogens with one attached hydrogen (secondary N) is 1. The molecule has 0 aromatic heterocycles. The number of carbonyl (C=O) groups is 1. The number of ether oxygens (including phenoxy) is 1. The summed E-state index contributed by atoms with van der Waals surface area (Å²) in [5.41, 5.74) is 1.47. The van der Waals surface area contributed by atoms with Gasteiger partial charge in [0.25, 0.3) is 5.91 Å². The van der Waals surface area contributed by atoms with Crippen molar-refractivity contribution in [1.82, 2.24) is 5.32 Å². The molecule has 0 radical (unpaired) electrons. The quantitative estimate of drug-likeness (QED) is 0.335. The van der Waals surface area contributed by atoms with Crippen molar-refractivity contribution in [3.8, 4) is 17.2 Å². The summed E-state index contributed by atoms with van der Waals surface area (Å²) in [7, 11) is -2.66. The molecule has 1 aliphatic rings. The second-order valence-electron chi connectivity index (χ2n) is 7.74. The van der Waals surface area contributed by atoms with Crippen molar-refractivity contribution in [1.29, 1.82) is 0 Å². The maximum absolute atomic E-state index is 15.0. The molecule has 4 aromatic carbocycles. The minimum Gasteiger partial charge on any atom is -0.497 e. The smallest absolute Gasteiger partial charge is 0.465 e. The SMILES string of the molecule is COc1ccc([C@]2(P(=O)(Oc3ccccc3)Oc3ccccc3)NC(=O)c3ccccc32)cc1. The van der Waals surface area contributed by atoms with E-state index in [-0.39, 0.29) is 5.91 Å². The van der Waals surface area contributed by atoms with E-state index in [9.17, 15) is 4.79 Å². The lowest BCUT2D eigenvalue weighted by Gasteiger charge is -2.36. The lowest BCUT2D eigenvalue weighted by Crippen LogP contribution is -2.43. The monoisotopic (exact) mass is 471 g/mol. The molecule has 0 unspecified atom stereocenters. The summed E-state index contributed by atoms with van der Waals surface area (Å²) in [6.07, 6.45) is 0. The van der Waals surface area contributed by atoms with Gasteiger partial charge in [-0.05, 0) is 48.0 Å². The molecule has 7 heteroatoms. The van der Waals surface area contributed by atoms with Crippen LogP contribution < -0.4 is 19.1 Å². The Balaban J connectivity index is 1.77. The van der Waals surface area contributed by atoms with E-state index in [0.29, 0.717) is 33.9 Å². The second kappa shape index (κ2) is 8.73. The second-order valence-corrected chi connectivity index (χ2v) is 9.78. The third-order valence-corrected chi connectivity index (χ3v) is 8.05. The normalized spacial score (nSPS) is 16.9. The zero-order valence-electron chi connectivity index (χ0n) is 18.4. The molecule has 0 saturated heterocycles. The Bertz CT molecular complexity index is 1310. The summed E-state index contributed by atoms with van der Waals surface area (Å²) in [5.74, 6) is 0.973. The summed E-state index contributed by atoms with van der Waals surface area (Å²) < 4.78 is 32.8. The third kappa shape index (κ3) is 3.62. The maximum atomic E-state index is 15.0. The molecule has 1 aliphatic heterocycles. The van der Waals surface area contributed by atoms with Crippen LogP contribution in [0.25, 0.3) is 0 Å². The third-order valence-electron chi connectivity index (χ3n) is 5.71. The van der Waals surface area contributed by atoms with Crippen molar-refractivity contribution in [3.05, 3.63) is 126 Å². The van der Waals surface area contributed by atoms with Crippen molar-refractivity contribution < 1.29 is 23.1 Å². The van der Waals surface area contributed by atoms with Crippen LogP contribution in [0.2, 0.25) is 0 Å². The molecule has 0 aliphatic carbocycles. The van der Waals surface area contributed by atoms with Gasteiger partial charge in [-0.25, -0.2) is 4.57 Å². The molecule has 0 saturated carbocycles. The molecule has 1 amide bonds. The van der Waals surface area contributed by atoms with Gasteiger partial charge in [0.05, 0.1) is 7.11 Å². The summed E-state index contributed by atoms with van der Waals surface area (Å²) >= 11 is 0. The molecule has 1 atom stereocenters. The van der Waals surface area contributed by atoms with Gasteiger partial charge in [0.15, 0.2) is 0 Å². The van der Waals surface area contributed by atoms with Crippen molar-refractivity contribution in [3.63, 3.8) is 0 Å². The zero-order valence-corrected chi connectivity index (χ0v) is 19.3. The van der Waals surface area contributed by atoms with Crippen LogP contribution in [0, 0.1) is 0 Å². The summed E-state index contributed by atoms with van der Waals surface area (Å²) in [6, 6.07) is 31.7. The Labute approximate surface area is 197 Å². The predicted octanol–water partition coefficient (Wildman–Crippen LogP) is 5.99. The first kappa shape index (κ1) is 21.8. The first-order chi connectivity index (χ1) is 16.6. The number of methoxy groups -OCH3 is 1. The molecular weight excluding hydrogens is 449 g/mol. The molecule has 170 valence electrons. The number of amides is 1. The number of hydrogen-bond donors (Lipinski definition) is 1. The summed E-state index contributed by atoms with van der Waals surface area (Å²) in [4.78, 5) is 13.2. The first-order valence-corrected chi connectivity index (χ1v) is 12.3. The van der Waals surface area contributed by atoms with Crippen molar-refractivity contribution in [2.24, 2.45) is 0 Å². The van der Waals surface area contributed by atoms with E-state index in [0.717, 1.165) is 0 Å². The number of benzene rings is 4. The number of para-hydroxylation sites is 2. The van der Waals surface area contributed by atoms with Crippen LogP contribution in [-0.4, -0.2) is 13.0 Å². The van der Waals surface area contributed by atoms with Gasteiger partial charge >= 0.3 is 7.60 Å². The lowest BCUT2D eigenvalue weighted by atomic mass is 9.97. The molecule has 6 nitrogen and oxygen atoms in total. The number of rotatable bonds is 7. The van der Waals surface area contributed by atoms with E-state index in [4.69, 9.17) is 13.8 Å². The Hall–Kier alpha value is -4.02. The van der Waals surface area contributed by atoms with E-state index < -0.39 is 12.9 Å². The first-order valence-electron chi connectivity index (χ1n) is 10.7. The highest BCUT2D eigenvalue weighted by Crippen LogP contribution is 2.67. The Morgan fingerprint density at radius 1 is 0.676 bits per heavy atom. The molecule has 0 bridgehead atoms. The van der Waals surface area contributed by atoms with Crippen LogP contribution in [0.1, 0.15) is 21.5 Å². The minimum atomic E-state index is -4.23. The van der Waals surface area contributed by atoms with Gasteiger partial charge in [-0.3, -0.25) is 4.79 Å². The van der Waals surface area contributed by atoms with E-state index in [2.05, 4.69) is 5.32 Å². The maximum Gasteiger partial charge on any atom is 0.465 e. The fourth-order valence-electron chi connectivity index (χ4n) is 4.13. The van der Waals surface area contributed by atoms with Gasteiger partial charge in [-0.2, -0.15) is 0 Å². The van der Waals surface area contributed by atoms with E-state index in [1.54, 1.807) is 104 Å². The van der Waals surface area contributed by atoms with E-state index in [1.807, 2.05) is 12.1 Å². The highest BCUT2D eigenvalue weighted by atomic mass is 31.2.